The van der Waals surface area contributed by atoms with Gasteiger partial charge in [-0.05, 0) is 6.42 Å². The Kier molecular flexibility index (Phi) is 15.8. The van der Waals surface area contributed by atoms with Gasteiger partial charge in [0.25, 0.3) is 0 Å². The Balaban J connectivity index is 0. The summed E-state index contributed by atoms with van der Waals surface area (Å²) in [6, 6.07) is 0. The van der Waals surface area contributed by atoms with Crippen molar-refractivity contribution in [3.63, 3.8) is 0 Å². The molecule has 2 unspecified atom stereocenters. The van der Waals surface area contributed by atoms with Crippen LogP contribution in [0.5, 0.6) is 0 Å². The number of aliphatic carboxylic acids is 3. The second-order valence-electron chi connectivity index (χ2n) is 6.66. The van der Waals surface area contributed by atoms with Crippen LogP contribution in [-0.2, 0) is 33.9 Å². The van der Waals surface area contributed by atoms with Gasteiger partial charge >= 0.3 is 17.9 Å². The molecule has 0 saturated carbocycles. The van der Waals surface area contributed by atoms with Crippen molar-refractivity contribution in [3.05, 3.63) is 0 Å². The van der Waals surface area contributed by atoms with Crippen LogP contribution in [0.1, 0.15) is 84.0 Å². The van der Waals surface area contributed by atoms with Crippen LogP contribution in [0.15, 0.2) is 0 Å². The molecule has 26 heavy (non-hydrogen) atoms. The molecule has 0 aliphatic rings. The number of carboxylic acids is 3. The predicted molar refractivity (Wildman–Crippen MR) is 92.4 cm³/mol. The third-order valence-electron chi connectivity index (χ3n) is 4.51. The summed E-state index contributed by atoms with van der Waals surface area (Å²) in [6.45, 7) is 2.17. The molecule has 0 fully saturated rings. The smallest absolute Gasteiger partial charge is 0.337 e. The molecule has 0 rings (SSSR count). The minimum Gasteiger partial charge on any atom is -0.481 e. The van der Waals surface area contributed by atoms with E-state index in [-0.39, 0.29) is 25.9 Å². The van der Waals surface area contributed by atoms with Gasteiger partial charge in [0.05, 0.1) is 12.3 Å². The molecule has 0 aliphatic carbocycles. The summed E-state index contributed by atoms with van der Waals surface area (Å²) in [6.07, 6.45) is 9.26. The molecule has 2 atom stereocenters. The minimum atomic E-state index is -2.78. The Morgan fingerprint density at radius 3 is 1.58 bits per heavy atom. The van der Waals surface area contributed by atoms with Gasteiger partial charge in [-0.2, -0.15) is 0 Å². The predicted octanol–water partition coefficient (Wildman–Crippen LogP) is 3.29. The molecule has 148 valence electrons. The Labute approximate surface area is 167 Å². The quantitative estimate of drug-likeness (QED) is 0.220. The zero-order chi connectivity index (χ0) is 19.3. The van der Waals surface area contributed by atoms with Gasteiger partial charge in [0.15, 0.2) is 5.60 Å². The summed E-state index contributed by atoms with van der Waals surface area (Å²) in [5.41, 5.74) is -2.78. The van der Waals surface area contributed by atoms with E-state index in [1.54, 1.807) is 0 Å². The number of unbranched alkanes of at least 4 members (excludes halogenated alkanes) is 9. The minimum absolute atomic E-state index is 0. The van der Waals surface area contributed by atoms with Crippen LogP contribution in [0.2, 0.25) is 0 Å². The van der Waals surface area contributed by atoms with E-state index in [0.29, 0.717) is 6.42 Å². The van der Waals surface area contributed by atoms with Crippen molar-refractivity contribution in [2.24, 2.45) is 5.92 Å². The fourth-order valence-corrected chi connectivity index (χ4v) is 2.98. The van der Waals surface area contributed by atoms with Crippen LogP contribution in [0, 0.1) is 5.92 Å². The first kappa shape index (κ1) is 27.2. The van der Waals surface area contributed by atoms with Crippen molar-refractivity contribution in [2.45, 2.75) is 89.6 Å². The van der Waals surface area contributed by atoms with Crippen molar-refractivity contribution in [3.8, 4) is 0 Å². The zero-order valence-electron chi connectivity index (χ0n) is 15.8. The van der Waals surface area contributed by atoms with E-state index in [1.165, 1.54) is 32.1 Å². The third-order valence-corrected chi connectivity index (χ3v) is 4.51. The summed E-state index contributed by atoms with van der Waals surface area (Å²) in [7, 11) is 0. The number of carbonyl (C=O) groups is 3. The molecular formula is C18H32O7Zn. The van der Waals surface area contributed by atoms with Crippen molar-refractivity contribution < 1.29 is 54.3 Å². The Hall–Kier alpha value is -1.01. The van der Waals surface area contributed by atoms with Gasteiger partial charge in [-0.1, -0.05) is 71.1 Å². The van der Waals surface area contributed by atoms with Crippen LogP contribution in [0.25, 0.3) is 0 Å². The second kappa shape index (κ2) is 15.1. The number of hydrogen-bond acceptors (Lipinski definition) is 4. The fourth-order valence-electron chi connectivity index (χ4n) is 2.98. The molecule has 0 heterocycles. The first-order valence-corrected chi connectivity index (χ1v) is 9.16. The molecule has 8 heteroatoms. The van der Waals surface area contributed by atoms with Gasteiger partial charge < -0.3 is 20.4 Å². The van der Waals surface area contributed by atoms with Gasteiger partial charge in [0.2, 0.25) is 0 Å². The van der Waals surface area contributed by atoms with Gasteiger partial charge in [-0.15, -0.1) is 0 Å². The summed E-state index contributed by atoms with van der Waals surface area (Å²) in [4.78, 5) is 33.3. The van der Waals surface area contributed by atoms with E-state index in [2.05, 4.69) is 6.92 Å². The SMILES string of the molecule is CCCCCCCCCCCCC(C(=O)O)C(O)(CC(=O)O)C(=O)O.[Zn]. The van der Waals surface area contributed by atoms with E-state index >= 15 is 0 Å². The molecule has 0 aliphatic heterocycles. The fraction of sp³-hybridized carbons (Fsp3) is 0.833. The molecule has 0 radical (unpaired) electrons. The average Bonchev–Trinajstić information content (AvgIpc) is 2.51. The van der Waals surface area contributed by atoms with E-state index in [1.807, 2.05) is 0 Å². The van der Waals surface area contributed by atoms with E-state index in [0.717, 1.165) is 25.7 Å². The molecule has 0 saturated heterocycles. The molecule has 0 aromatic rings. The standard InChI is InChI=1S/C18H32O7.Zn/c1-2-3-4-5-6-7-8-9-10-11-12-14(16(21)22)18(25,17(23)24)13-15(19)20;/h14,25H,2-13H2,1H3,(H,19,20)(H,21,22)(H,23,24);. The molecule has 0 bridgehead atoms. The van der Waals surface area contributed by atoms with Gasteiger partial charge in [-0.3, -0.25) is 9.59 Å². The number of rotatable bonds is 16. The van der Waals surface area contributed by atoms with Crippen LogP contribution in [-0.4, -0.2) is 43.9 Å². The molecule has 0 spiro atoms. The van der Waals surface area contributed by atoms with E-state index in [9.17, 15) is 24.6 Å². The van der Waals surface area contributed by atoms with E-state index in [4.69, 9.17) is 10.2 Å². The summed E-state index contributed by atoms with van der Waals surface area (Å²) < 4.78 is 0. The Morgan fingerprint density at radius 1 is 0.808 bits per heavy atom. The first-order valence-electron chi connectivity index (χ1n) is 9.16. The van der Waals surface area contributed by atoms with Crippen molar-refractivity contribution in [2.75, 3.05) is 0 Å². The Morgan fingerprint density at radius 2 is 1.23 bits per heavy atom. The van der Waals surface area contributed by atoms with E-state index < -0.39 is 35.8 Å². The monoisotopic (exact) mass is 424 g/mol. The van der Waals surface area contributed by atoms with Crippen LogP contribution < -0.4 is 0 Å². The largest absolute Gasteiger partial charge is 0.481 e. The second-order valence-corrected chi connectivity index (χ2v) is 6.66. The zero-order valence-corrected chi connectivity index (χ0v) is 18.8. The number of carboxylic acid groups (broad SMARTS) is 3. The number of hydrogen-bond donors (Lipinski definition) is 4. The van der Waals surface area contributed by atoms with Gasteiger partial charge in [0.1, 0.15) is 0 Å². The summed E-state index contributed by atoms with van der Waals surface area (Å²) >= 11 is 0. The van der Waals surface area contributed by atoms with Crippen LogP contribution in [0.3, 0.4) is 0 Å². The maximum atomic E-state index is 11.3. The van der Waals surface area contributed by atoms with Crippen molar-refractivity contribution in [1.29, 1.82) is 0 Å². The molecule has 4 N–H and O–H groups in total. The molecule has 0 aromatic carbocycles. The maximum absolute atomic E-state index is 11.3. The average molecular weight is 426 g/mol. The maximum Gasteiger partial charge on any atom is 0.337 e. The summed E-state index contributed by atoms with van der Waals surface area (Å²) in [5, 5.41) is 37.1. The van der Waals surface area contributed by atoms with Gasteiger partial charge in [0, 0.05) is 19.5 Å². The topological polar surface area (TPSA) is 132 Å². The third kappa shape index (κ3) is 10.9. The normalized spacial score (nSPS) is 14.1. The molecule has 7 nitrogen and oxygen atoms in total. The van der Waals surface area contributed by atoms with Crippen LogP contribution in [0.4, 0.5) is 0 Å². The van der Waals surface area contributed by atoms with Crippen molar-refractivity contribution >= 4 is 17.9 Å². The molecular weight excluding hydrogens is 394 g/mol. The summed E-state index contributed by atoms with van der Waals surface area (Å²) in [5.74, 6) is -6.47. The molecule has 0 aromatic heterocycles. The first-order chi connectivity index (χ1) is 11.8. The Bertz CT molecular complexity index is 428. The van der Waals surface area contributed by atoms with Crippen molar-refractivity contribution in [1.82, 2.24) is 0 Å². The number of aliphatic hydroxyl groups is 1. The van der Waals surface area contributed by atoms with Gasteiger partial charge in [-0.25, -0.2) is 4.79 Å². The molecule has 0 amide bonds. The van der Waals surface area contributed by atoms with Crippen LogP contribution >= 0.6 is 0 Å².